The molecule has 4 unspecified atom stereocenters. The van der Waals surface area contributed by atoms with Crippen LogP contribution in [-0.2, 0) is 20.4 Å². The van der Waals surface area contributed by atoms with Crippen molar-refractivity contribution in [3.63, 3.8) is 0 Å². The molecule has 2 rings (SSSR count). The standard InChI is InChI=1S/C14H24N2O3S/c1-9(2)12-14(18)15-7-5-6-11(15)13(17)16(12)10(3)8-20(4)19/h9-12H,5-8H2,1-4H3. The molecule has 0 aromatic rings. The maximum absolute atomic E-state index is 12.7. The second-order valence-corrected chi connectivity index (χ2v) is 7.69. The highest BCUT2D eigenvalue weighted by molar-refractivity contribution is 7.84. The van der Waals surface area contributed by atoms with Crippen molar-refractivity contribution in [1.29, 1.82) is 0 Å². The van der Waals surface area contributed by atoms with E-state index < -0.39 is 16.8 Å². The van der Waals surface area contributed by atoms with Gasteiger partial charge >= 0.3 is 0 Å². The first-order valence-electron chi connectivity index (χ1n) is 7.27. The third-order valence-corrected chi connectivity index (χ3v) is 5.16. The molecule has 0 bridgehead atoms. The number of rotatable bonds is 4. The Labute approximate surface area is 123 Å². The van der Waals surface area contributed by atoms with Crippen LogP contribution in [0.15, 0.2) is 0 Å². The fourth-order valence-corrected chi connectivity index (χ4v) is 4.24. The Morgan fingerprint density at radius 2 is 1.90 bits per heavy atom. The Hall–Kier alpha value is -0.910. The van der Waals surface area contributed by atoms with Gasteiger partial charge in [0.05, 0.1) is 0 Å². The smallest absolute Gasteiger partial charge is 0.246 e. The van der Waals surface area contributed by atoms with Crippen molar-refractivity contribution in [2.45, 2.75) is 51.7 Å². The summed E-state index contributed by atoms with van der Waals surface area (Å²) in [6, 6.07) is -0.854. The quantitative estimate of drug-likeness (QED) is 0.764. The van der Waals surface area contributed by atoms with E-state index in [0.717, 1.165) is 12.8 Å². The molecule has 2 heterocycles. The predicted octanol–water partition coefficient (Wildman–Crippen LogP) is 0.611. The summed E-state index contributed by atoms with van der Waals surface area (Å²) in [6.45, 7) is 6.52. The molecular weight excluding hydrogens is 276 g/mol. The van der Waals surface area contributed by atoms with Gasteiger partial charge in [0.1, 0.15) is 12.1 Å². The van der Waals surface area contributed by atoms with Gasteiger partial charge in [-0.05, 0) is 25.7 Å². The number of carbonyl (C=O) groups excluding carboxylic acids is 2. The average Bonchev–Trinajstić information content (AvgIpc) is 2.81. The van der Waals surface area contributed by atoms with Gasteiger partial charge in [0.25, 0.3) is 0 Å². The predicted molar refractivity (Wildman–Crippen MR) is 78.6 cm³/mol. The Morgan fingerprint density at radius 3 is 2.45 bits per heavy atom. The van der Waals surface area contributed by atoms with Crippen molar-refractivity contribution < 1.29 is 13.8 Å². The van der Waals surface area contributed by atoms with Crippen LogP contribution in [0.4, 0.5) is 0 Å². The summed E-state index contributed by atoms with van der Waals surface area (Å²) < 4.78 is 11.5. The van der Waals surface area contributed by atoms with Crippen LogP contribution in [-0.4, -0.2) is 62.5 Å². The first kappa shape index (κ1) is 15.5. The van der Waals surface area contributed by atoms with E-state index in [9.17, 15) is 13.8 Å². The Morgan fingerprint density at radius 1 is 1.25 bits per heavy atom. The lowest BCUT2D eigenvalue weighted by Crippen LogP contribution is -2.66. The van der Waals surface area contributed by atoms with Crippen LogP contribution in [0, 0.1) is 5.92 Å². The van der Waals surface area contributed by atoms with Gasteiger partial charge in [-0.2, -0.15) is 0 Å². The monoisotopic (exact) mass is 300 g/mol. The summed E-state index contributed by atoms with van der Waals surface area (Å²) in [5.41, 5.74) is 0. The normalized spacial score (nSPS) is 29.9. The zero-order chi connectivity index (χ0) is 15.0. The fourth-order valence-electron chi connectivity index (χ4n) is 3.40. The van der Waals surface area contributed by atoms with Gasteiger partial charge in [-0.3, -0.25) is 13.8 Å². The van der Waals surface area contributed by atoms with Crippen LogP contribution in [0.25, 0.3) is 0 Å². The zero-order valence-electron chi connectivity index (χ0n) is 12.7. The number of hydrogen-bond donors (Lipinski definition) is 0. The molecule has 0 spiro atoms. The van der Waals surface area contributed by atoms with E-state index in [0.29, 0.717) is 12.3 Å². The van der Waals surface area contributed by atoms with Crippen LogP contribution < -0.4 is 0 Å². The van der Waals surface area contributed by atoms with Gasteiger partial charge in [0, 0.05) is 35.4 Å². The molecule has 114 valence electrons. The lowest BCUT2D eigenvalue weighted by Gasteiger charge is -2.46. The fraction of sp³-hybridized carbons (Fsp3) is 0.857. The Balaban J connectivity index is 2.32. The summed E-state index contributed by atoms with van der Waals surface area (Å²) in [4.78, 5) is 28.8. The Bertz CT molecular complexity index is 438. The molecule has 0 saturated carbocycles. The largest absolute Gasteiger partial charge is 0.329 e. The minimum atomic E-state index is -0.977. The molecule has 0 N–H and O–H groups in total. The molecule has 6 heteroatoms. The molecule has 2 fully saturated rings. The first-order valence-corrected chi connectivity index (χ1v) is 9.00. The van der Waals surface area contributed by atoms with Crippen LogP contribution in [0.5, 0.6) is 0 Å². The third-order valence-electron chi connectivity index (χ3n) is 4.21. The van der Waals surface area contributed by atoms with Gasteiger partial charge in [0.15, 0.2) is 0 Å². The molecule has 0 radical (unpaired) electrons. The molecule has 2 amide bonds. The number of nitrogens with zero attached hydrogens (tertiary/aromatic N) is 2. The minimum absolute atomic E-state index is 0.0405. The van der Waals surface area contributed by atoms with Crippen molar-refractivity contribution in [2.24, 2.45) is 5.92 Å². The summed E-state index contributed by atoms with van der Waals surface area (Å²) in [5, 5.41) is 0. The van der Waals surface area contributed by atoms with Gasteiger partial charge in [-0.1, -0.05) is 13.8 Å². The molecule has 2 aliphatic heterocycles. The summed E-state index contributed by atoms with van der Waals surface area (Å²) in [7, 11) is -0.977. The van der Waals surface area contributed by atoms with Gasteiger partial charge in [-0.25, -0.2) is 0 Å². The van der Waals surface area contributed by atoms with Gasteiger partial charge in [-0.15, -0.1) is 0 Å². The number of piperazine rings is 1. The summed E-state index contributed by atoms with van der Waals surface area (Å²) >= 11 is 0. The molecular formula is C14H24N2O3S. The van der Waals surface area contributed by atoms with Crippen molar-refractivity contribution in [3.8, 4) is 0 Å². The highest BCUT2D eigenvalue weighted by Gasteiger charge is 2.49. The molecule has 0 aromatic heterocycles. The van der Waals surface area contributed by atoms with Crippen LogP contribution in [0.2, 0.25) is 0 Å². The third kappa shape index (κ3) is 2.62. The lowest BCUT2D eigenvalue weighted by atomic mass is 9.94. The highest BCUT2D eigenvalue weighted by atomic mass is 32.2. The molecule has 20 heavy (non-hydrogen) atoms. The first-order chi connectivity index (χ1) is 9.34. The van der Waals surface area contributed by atoms with Crippen LogP contribution >= 0.6 is 0 Å². The van der Waals surface area contributed by atoms with Crippen LogP contribution in [0.1, 0.15) is 33.6 Å². The maximum atomic E-state index is 12.7. The van der Waals surface area contributed by atoms with Crippen LogP contribution in [0.3, 0.4) is 0 Å². The minimum Gasteiger partial charge on any atom is -0.329 e. The maximum Gasteiger partial charge on any atom is 0.246 e. The molecule has 0 aliphatic carbocycles. The SMILES string of the molecule is CC(C)C1C(=O)N2CCCC2C(=O)N1C(C)CS(C)=O. The van der Waals surface area contributed by atoms with Gasteiger partial charge in [0.2, 0.25) is 11.8 Å². The molecule has 2 aliphatic rings. The molecule has 2 saturated heterocycles. The van der Waals surface area contributed by atoms with Crippen molar-refractivity contribution in [2.75, 3.05) is 18.6 Å². The average molecular weight is 300 g/mol. The summed E-state index contributed by atoms with van der Waals surface area (Å²) in [6.07, 6.45) is 3.29. The number of carbonyl (C=O) groups is 2. The lowest BCUT2D eigenvalue weighted by molar-refractivity contribution is -0.163. The molecule has 4 atom stereocenters. The second kappa shape index (κ2) is 5.84. The van der Waals surface area contributed by atoms with E-state index in [4.69, 9.17) is 0 Å². The second-order valence-electron chi connectivity index (χ2n) is 6.21. The zero-order valence-corrected chi connectivity index (χ0v) is 13.5. The van der Waals surface area contributed by atoms with Crippen molar-refractivity contribution >= 4 is 22.6 Å². The summed E-state index contributed by atoms with van der Waals surface area (Å²) in [5.74, 6) is 0.602. The van der Waals surface area contributed by atoms with E-state index in [-0.39, 0.29) is 29.8 Å². The number of amides is 2. The van der Waals surface area contributed by atoms with E-state index in [1.165, 1.54) is 0 Å². The van der Waals surface area contributed by atoms with Gasteiger partial charge < -0.3 is 9.80 Å². The van der Waals surface area contributed by atoms with E-state index >= 15 is 0 Å². The van der Waals surface area contributed by atoms with Crippen molar-refractivity contribution in [1.82, 2.24) is 9.80 Å². The van der Waals surface area contributed by atoms with E-state index in [1.54, 1.807) is 16.1 Å². The number of hydrogen-bond acceptors (Lipinski definition) is 3. The molecule has 0 aromatic carbocycles. The highest BCUT2D eigenvalue weighted by Crippen LogP contribution is 2.31. The number of fused-ring (bicyclic) bond motifs is 1. The van der Waals surface area contributed by atoms with E-state index in [1.807, 2.05) is 20.8 Å². The topological polar surface area (TPSA) is 57.7 Å². The Kier molecular flexibility index (Phi) is 4.52. The van der Waals surface area contributed by atoms with Crippen molar-refractivity contribution in [3.05, 3.63) is 0 Å². The van der Waals surface area contributed by atoms with E-state index in [2.05, 4.69) is 0 Å². The molecule has 5 nitrogen and oxygen atoms in total.